The molecule has 6 heteroatoms. The lowest BCUT2D eigenvalue weighted by Gasteiger charge is -2.32. The third-order valence-corrected chi connectivity index (χ3v) is 5.43. The molecule has 0 N–H and O–H groups in total. The minimum atomic E-state index is -0.0670. The number of methoxy groups -OCH3 is 4. The van der Waals surface area contributed by atoms with Crippen molar-refractivity contribution in [3.63, 3.8) is 0 Å². The molecule has 2 aromatic carbocycles. The predicted molar refractivity (Wildman–Crippen MR) is 111 cm³/mol. The zero-order valence-corrected chi connectivity index (χ0v) is 17.6. The summed E-state index contributed by atoms with van der Waals surface area (Å²) in [7, 11) is 6.50. The first-order valence-electron chi connectivity index (χ1n) is 9.79. The monoisotopic (exact) mass is 399 g/mol. The summed E-state index contributed by atoms with van der Waals surface area (Å²) in [6, 6.07) is 11.2. The van der Waals surface area contributed by atoms with E-state index in [0.29, 0.717) is 30.2 Å². The Kier molecular flexibility index (Phi) is 6.99. The van der Waals surface area contributed by atoms with Gasteiger partial charge in [0.15, 0.2) is 5.78 Å². The Hall–Kier alpha value is -2.73. The first-order valence-corrected chi connectivity index (χ1v) is 9.79. The molecule has 0 aromatic heterocycles. The van der Waals surface area contributed by atoms with E-state index in [9.17, 15) is 4.79 Å². The number of nitrogens with zero attached hydrogens (tertiary/aromatic N) is 1. The third kappa shape index (κ3) is 4.82. The third-order valence-electron chi connectivity index (χ3n) is 5.43. The van der Waals surface area contributed by atoms with Gasteiger partial charge in [0.25, 0.3) is 0 Å². The van der Waals surface area contributed by atoms with Crippen LogP contribution in [0.15, 0.2) is 36.4 Å². The van der Waals surface area contributed by atoms with Crippen molar-refractivity contribution in [3.05, 3.63) is 47.5 Å². The number of ether oxygens (including phenoxy) is 4. The van der Waals surface area contributed by atoms with Gasteiger partial charge < -0.3 is 18.9 Å². The van der Waals surface area contributed by atoms with Gasteiger partial charge in [-0.25, -0.2) is 0 Å². The molecule has 0 radical (unpaired) electrons. The van der Waals surface area contributed by atoms with Crippen LogP contribution in [0.2, 0.25) is 0 Å². The zero-order valence-electron chi connectivity index (χ0n) is 17.6. The van der Waals surface area contributed by atoms with E-state index in [-0.39, 0.29) is 11.7 Å². The van der Waals surface area contributed by atoms with Gasteiger partial charge in [-0.15, -0.1) is 0 Å². The zero-order chi connectivity index (χ0) is 20.8. The number of carbonyl (C=O) groups excluding carboxylic acids is 1. The maximum absolute atomic E-state index is 13.2. The van der Waals surface area contributed by atoms with Crippen molar-refractivity contribution in [3.8, 4) is 23.0 Å². The van der Waals surface area contributed by atoms with E-state index < -0.39 is 0 Å². The average molecular weight is 399 g/mol. The molecule has 0 saturated carbocycles. The normalized spacial score (nSPS) is 16.9. The summed E-state index contributed by atoms with van der Waals surface area (Å²) in [5.74, 6) is 2.91. The number of rotatable bonds is 8. The van der Waals surface area contributed by atoms with Crippen molar-refractivity contribution in [1.29, 1.82) is 0 Å². The molecule has 1 saturated heterocycles. The van der Waals surface area contributed by atoms with Crippen molar-refractivity contribution >= 4 is 5.78 Å². The van der Waals surface area contributed by atoms with Crippen LogP contribution in [0.25, 0.3) is 0 Å². The second kappa shape index (κ2) is 9.65. The molecular weight excluding hydrogens is 370 g/mol. The molecule has 6 nitrogen and oxygen atoms in total. The van der Waals surface area contributed by atoms with Gasteiger partial charge in [-0.1, -0.05) is 0 Å². The summed E-state index contributed by atoms with van der Waals surface area (Å²) < 4.78 is 21.5. The van der Waals surface area contributed by atoms with Crippen molar-refractivity contribution in [2.75, 3.05) is 41.5 Å². The summed E-state index contributed by atoms with van der Waals surface area (Å²) in [5.41, 5.74) is 1.67. The smallest absolute Gasteiger partial charge is 0.170 e. The highest BCUT2D eigenvalue weighted by molar-refractivity contribution is 6.00. The van der Waals surface area contributed by atoms with Gasteiger partial charge >= 0.3 is 0 Å². The van der Waals surface area contributed by atoms with Gasteiger partial charge in [-0.05, 0) is 49.7 Å². The van der Waals surface area contributed by atoms with Crippen LogP contribution in [0.5, 0.6) is 23.0 Å². The van der Waals surface area contributed by atoms with Crippen LogP contribution in [0.3, 0.4) is 0 Å². The lowest BCUT2D eigenvalue weighted by molar-refractivity contribution is 0.0807. The Bertz CT molecular complexity index is 851. The van der Waals surface area contributed by atoms with Crippen molar-refractivity contribution < 1.29 is 23.7 Å². The second-order valence-electron chi connectivity index (χ2n) is 7.18. The topological polar surface area (TPSA) is 57.2 Å². The number of carbonyl (C=O) groups is 1. The van der Waals surface area contributed by atoms with Crippen LogP contribution < -0.4 is 18.9 Å². The summed E-state index contributed by atoms with van der Waals surface area (Å²) in [4.78, 5) is 15.5. The van der Waals surface area contributed by atoms with E-state index in [1.165, 1.54) is 0 Å². The maximum atomic E-state index is 13.2. The SMILES string of the molecule is COc1ccc(OC)c(CN2CCC[C@H](C(=O)c3ccc(OC)cc3OC)C2)c1. The van der Waals surface area contributed by atoms with E-state index in [1.807, 2.05) is 18.2 Å². The first-order chi connectivity index (χ1) is 14.1. The van der Waals surface area contributed by atoms with Crippen LogP contribution in [0, 0.1) is 5.92 Å². The maximum Gasteiger partial charge on any atom is 0.170 e. The molecule has 1 fully saturated rings. The van der Waals surface area contributed by atoms with E-state index in [2.05, 4.69) is 4.90 Å². The van der Waals surface area contributed by atoms with Crippen LogP contribution in [0.1, 0.15) is 28.8 Å². The van der Waals surface area contributed by atoms with Crippen LogP contribution in [-0.2, 0) is 6.54 Å². The fraction of sp³-hybridized carbons (Fsp3) is 0.435. The number of ketones is 1. The van der Waals surface area contributed by atoms with Crippen LogP contribution in [-0.4, -0.2) is 52.2 Å². The average Bonchev–Trinajstić information content (AvgIpc) is 2.78. The number of hydrogen-bond acceptors (Lipinski definition) is 6. The number of Topliss-reactive ketones (excluding diaryl/α,β-unsaturated/α-hetero) is 1. The summed E-state index contributed by atoms with van der Waals surface area (Å²) in [6.45, 7) is 2.36. The van der Waals surface area contributed by atoms with Crippen molar-refractivity contribution in [2.45, 2.75) is 19.4 Å². The molecule has 0 bridgehead atoms. The van der Waals surface area contributed by atoms with Gasteiger partial charge in [0.1, 0.15) is 23.0 Å². The molecule has 1 aliphatic rings. The molecule has 1 heterocycles. The molecule has 0 unspecified atom stereocenters. The molecule has 0 aliphatic carbocycles. The second-order valence-corrected chi connectivity index (χ2v) is 7.18. The molecule has 1 aliphatic heterocycles. The van der Waals surface area contributed by atoms with E-state index in [1.54, 1.807) is 46.6 Å². The summed E-state index contributed by atoms with van der Waals surface area (Å²) in [6.07, 6.45) is 1.85. The highest BCUT2D eigenvalue weighted by atomic mass is 16.5. The Balaban J connectivity index is 1.75. The number of likely N-dealkylation sites (tertiary alicyclic amines) is 1. The number of piperidine rings is 1. The fourth-order valence-corrected chi connectivity index (χ4v) is 3.88. The number of benzene rings is 2. The van der Waals surface area contributed by atoms with Gasteiger partial charge in [-0.3, -0.25) is 9.69 Å². The van der Waals surface area contributed by atoms with Crippen LogP contribution in [0.4, 0.5) is 0 Å². The molecule has 0 spiro atoms. The molecule has 2 aromatic rings. The van der Waals surface area contributed by atoms with Gasteiger partial charge in [0.2, 0.25) is 0 Å². The Labute approximate surface area is 172 Å². The van der Waals surface area contributed by atoms with E-state index in [4.69, 9.17) is 18.9 Å². The van der Waals surface area contributed by atoms with Gasteiger partial charge in [0, 0.05) is 30.6 Å². The van der Waals surface area contributed by atoms with Gasteiger partial charge in [-0.2, -0.15) is 0 Å². The van der Waals surface area contributed by atoms with Crippen LogP contribution >= 0.6 is 0 Å². The minimum absolute atomic E-state index is 0.0670. The number of hydrogen-bond donors (Lipinski definition) is 0. The largest absolute Gasteiger partial charge is 0.497 e. The van der Waals surface area contributed by atoms with E-state index >= 15 is 0 Å². The lowest BCUT2D eigenvalue weighted by Crippen LogP contribution is -2.38. The molecule has 3 rings (SSSR count). The summed E-state index contributed by atoms with van der Waals surface area (Å²) >= 11 is 0. The van der Waals surface area contributed by atoms with Crippen molar-refractivity contribution in [2.24, 2.45) is 5.92 Å². The highest BCUT2D eigenvalue weighted by Gasteiger charge is 2.29. The standard InChI is InChI=1S/C23H29NO5/c1-26-18-8-10-21(28-3)17(12-18)15-24-11-5-6-16(14-24)23(25)20-9-7-19(27-2)13-22(20)29-4/h7-10,12-13,16H,5-6,11,14-15H2,1-4H3/t16-/m0/s1. The van der Waals surface area contributed by atoms with E-state index in [0.717, 1.165) is 36.4 Å². The quantitative estimate of drug-likeness (QED) is 0.629. The lowest BCUT2D eigenvalue weighted by atomic mass is 9.89. The molecular formula is C23H29NO5. The van der Waals surface area contributed by atoms with Crippen molar-refractivity contribution in [1.82, 2.24) is 4.90 Å². The molecule has 1 atom stereocenters. The Morgan fingerprint density at radius 1 is 0.931 bits per heavy atom. The molecule has 29 heavy (non-hydrogen) atoms. The Morgan fingerprint density at radius 2 is 1.62 bits per heavy atom. The predicted octanol–water partition coefficient (Wildman–Crippen LogP) is 3.82. The molecule has 156 valence electrons. The Morgan fingerprint density at radius 3 is 2.31 bits per heavy atom. The highest BCUT2D eigenvalue weighted by Crippen LogP contribution is 2.31. The first kappa shape index (κ1) is 21.0. The minimum Gasteiger partial charge on any atom is -0.497 e. The van der Waals surface area contributed by atoms with Gasteiger partial charge in [0.05, 0.1) is 34.0 Å². The molecule has 0 amide bonds. The fourth-order valence-electron chi connectivity index (χ4n) is 3.88. The summed E-state index contributed by atoms with van der Waals surface area (Å²) in [5, 5.41) is 0.